The summed E-state index contributed by atoms with van der Waals surface area (Å²) in [5.74, 6) is 1.48. The second kappa shape index (κ2) is 6.59. The number of hydroxylamine groups is 2. The molecule has 5 heteroatoms. The quantitative estimate of drug-likeness (QED) is 0.529. The molecule has 25 heavy (non-hydrogen) atoms. The molecule has 1 aliphatic heterocycles. The molecule has 2 aliphatic rings. The van der Waals surface area contributed by atoms with Gasteiger partial charge in [0.25, 0.3) is 18.0 Å². The first-order valence-electron chi connectivity index (χ1n) is 8.71. The fourth-order valence-electron chi connectivity index (χ4n) is 3.65. The van der Waals surface area contributed by atoms with Gasteiger partial charge in [-0.05, 0) is 54.0 Å². The molecule has 0 spiro atoms. The van der Waals surface area contributed by atoms with Crippen LogP contribution in [-0.2, 0) is 0 Å². The van der Waals surface area contributed by atoms with E-state index in [0.717, 1.165) is 41.7 Å². The van der Waals surface area contributed by atoms with Crippen LogP contribution in [0.4, 0.5) is 0 Å². The van der Waals surface area contributed by atoms with E-state index in [1.54, 1.807) is 6.21 Å². The van der Waals surface area contributed by atoms with Crippen LogP contribution in [0.1, 0.15) is 31.2 Å². The number of fused-ring (bicyclic) bond motifs is 1. The van der Waals surface area contributed by atoms with Crippen molar-refractivity contribution in [3.63, 3.8) is 0 Å². The summed E-state index contributed by atoms with van der Waals surface area (Å²) in [5, 5.41) is 23.0. The first-order chi connectivity index (χ1) is 12.2. The number of rotatable bonds is 3. The lowest BCUT2D eigenvalue weighted by Crippen LogP contribution is -2.51. The van der Waals surface area contributed by atoms with Crippen molar-refractivity contribution in [1.29, 1.82) is 0 Å². The monoisotopic (exact) mass is 337 g/mol. The molecule has 2 aromatic carbocycles. The molecule has 1 heterocycles. The number of benzene rings is 2. The molecule has 5 nitrogen and oxygen atoms in total. The largest absolute Gasteiger partial charge is 0.623 e. The highest BCUT2D eigenvalue weighted by Gasteiger charge is 2.45. The van der Waals surface area contributed by atoms with Crippen LogP contribution < -0.4 is 4.74 Å². The van der Waals surface area contributed by atoms with Crippen molar-refractivity contribution >= 4 is 11.9 Å². The highest BCUT2D eigenvalue weighted by Crippen LogP contribution is 2.26. The van der Waals surface area contributed by atoms with Gasteiger partial charge in [-0.25, -0.2) is 0 Å². The van der Waals surface area contributed by atoms with Gasteiger partial charge in [-0.15, -0.1) is 0 Å². The van der Waals surface area contributed by atoms with E-state index >= 15 is 0 Å². The Balaban J connectivity index is 1.59. The zero-order valence-corrected chi connectivity index (χ0v) is 13.9. The van der Waals surface area contributed by atoms with Gasteiger partial charge < -0.3 is 9.94 Å². The van der Waals surface area contributed by atoms with E-state index in [9.17, 15) is 10.4 Å². The molecule has 0 unspecified atom stereocenters. The zero-order valence-electron chi connectivity index (χ0n) is 13.9. The Bertz CT molecular complexity index is 813. The molecule has 128 valence electrons. The number of para-hydroxylation sites is 1. The zero-order chi connectivity index (χ0) is 17.2. The Morgan fingerprint density at radius 1 is 0.880 bits per heavy atom. The maximum Gasteiger partial charge on any atom is 0.288 e. The highest BCUT2D eigenvalue weighted by atomic mass is 16.5. The van der Waals surface area contributed by atoms with Crippen LogP contribution in [0.5, 0.6) is 11.5 Å². The van der Waals surface area contributed by atoms with Crippen molar-refractivity contribution in [2.75, 3.05) is 0 Å². The van der Waals surface area contributed by atoms with E-state index in [0.29, 0.717) is 11.5 Å². The molecular weight excluding hydrogens is 316 g/mol. The fourth-order valence-corrected chi connectivity index (χ4v) is 3.65. The van der Waals surface area contributed by atoms with Gasteiger partial charge in [0.05, 0.1) is 5.56 Å². The molecule has 2 atom stereocenters. The topological polar surface area (TPSA) is 58.5 Å². The molecule has 1 N–H and O–H groups in total. The van der Waals surface area contributed by atoms with Crippen LogP contribution in [0.3, 0.4) is 0 Å². The van der Waals surface area contributed by atoms with Crippen molar-refractivity contribution < 1.29 is 19.4 Å². The van der Waals surface area contributed by atoms with Gasteiger partial charge in [-0.2, -0.15) is 4.74 Å². The molecule has 0 radical (unpaired) electrons. The van der Waals surface area contributed by atoms with Gasteiger partial charge in [-0.1, -0.05) is 18.2 Å². The van der Waals surface area contributed by atoms with Crippen molar-refractivity contribution in [2.24, 2.45) is 0 Å². The Hall–Kier alpha value is -2.82. The lowest BCUT2D eigenvalue weighted by molar-refractivity contribution is -0.819. The normalized spacial score (nSPS) is 23.0. The average molecular weight is 337 g/mol. The van der Waals surface area contributed by atoms with Gasteiger partial charge >= 0.3 is 0 Å². The molecule has 0 amide bonds. The molecule has 4 rings (SSSR count). The van der Waals surface area contributed by atoms with Crippen LogP contribution in [-0.4, -0.2) is 38.7 Å². The minimum atomic E-state index is -0.181. The van der Waals surface area contributed by atoms with Gasteiger partial charge in [-0.3, -0.25) is 5.21 Å². The first-order valence-corrected chi connectivity index (χ1v) is 8.71. The van der Waals surface area contributed by atoms with E-state index in [1.165, 1.54) is 4.74 Å². The molecule has 1 aliphatic carbocycles. The van der Waals surface area contributed by atoms with Crippen molar-refractivity contribution in [2.45, 2.75) is 37.8 Å². The smallest absolute Gasteiger partial charge is 0.288 e. The summed E-state index contributed by atoms with van der Waals surface area (Å²) in [4.78, 5) is 0. The van der Waals surface area contributed by atoms with Crippen molar-refractivity contribution in [1.82, 2.24) is 0 Å². The van der Waals surface area contributed by atoms with Crippen LogP contribution in [0, 0.1) is 5.21 Å². The Morgan fingerprint density at radius 3 is 2.24 bits per heavy atom. The van der Waals surface area contributed by atoms with E-state index < -0.39 is 0 Å². The molecule has 1 saturated carbocycles. The van der Waals surface area contributed by atoms with E-state index in [4.69, 9.17) is 4.74 Å². The number of hydrogen-bond acceptors (Lipinski definition) is 3. The predicted molar refractivity (Wildman–Crippen MR) is 94.8 cm³/mol. The first kappa shape index (κ1) is 15.7. The molecule has 0 bridgehead atoms. The van der Waals surface area contributed by atoms with Crippen LogP contribution >= 0.6 is 0 Å². The average Bonchev–Trinajstić information content (AvgIpc) is 2.66. The van der Waals surface area contributed by atoms with Gasteiger partial charge in [0.15, 0.2) is 0 Å². The van der Waals surface area contributed by atoms with Crippen molar-refractivity contribution in [3.8, 4) is 11.5 Å². The van der Waals surface area contributed by atoms with E-state index in [1.807, 2.05) is 54.6 Å². The summed E-state index contributed by atoms with van der Waals surface area (Å²) in [5.41, 5.74) is 1.27. The standard InChI is InChI=1S/C20H21N2O3/c23-21-14-20(22(24)19-9-5-4-8-18(19)21)15-10-12-17(13-11-15)25-16-6-2-1-3-7-16/h1-3,6-7,10-14,18-19,23H,4-5,8-9H2/q+1/t18-,19-/m1/s1. The number of hydrogen-bond donors (Lipinski definition) is 1. The maximum absolute atomic E-state index is 12.8. The third-order valence-corrected chi connectivity index (χ3v) is 4.96. The summed E-state index contributed by atoms with van der Waals surface area (Å²) < 4.78 is 8.08. The van der Waals surface area contributed by atoms with Gasteiger partial charge in [0, 0.05) is 12.8 Å². The maximum atomic E-state index is 12.8. The summed E-state index contributed by atoms with van der Waals surface area (Å²) in [7, 11) is 0. The molecular formula is C20H21N2O3+. The number of nitrogens with zero attached hydrogens (tertiary/aromatic N) is 2. The summed E-state index contributed by atoms with van der Waals surface area (Å²) in [6.07, 6.45) is 5.31. The summed E-state index contributed by atoms with van der Waals surface area (Å²) in [6, 6.07) is 16.7. The summed E-state index contributed by atoms with van der Waals surface area (Å²) in [6.45, 7) is 0. The second-order valence-electron chi connectivity index (χ2n) is 6.58. The van der Waals surface area contributed by atoms with E-state index in [2.05, 4.69) is 0 Å². The highest BCUT2D eigenvalue weighted by molar-refractivity contribution is 6.34. The Labute approximate surface area is 146 Å². The SMILES string of the molecule is [O-][N+]1=C(c2ccc(Oc3ccccc3)cc2)C=[N+](O)[C@@H]2CCCC[C@H]21. The lowest BCUT2D eigenvalue weighted by Gasteiger charge is -2.28. The van der Waals surface area contributed by atoms with Crippen LogP contribution in [0.2, 0.25) is 0 Å². The summed E-state index contributed by atoms with van der Waals surface area (Å²) >= 11 is 0. The molecule has 2 aromatic rings. The number of ether oxygens (including phenoxy) is 1. The van der Waals surface area contributed by atoms with Gasteiger partial charge in [0.1, 0.15) is 11.5 Å². The van der Waals surface area contributed by atoms with Crippen molar-refractivity contribution in [3.05, 3.63) is 65.4 Å². The van der Waals surface area contributed by atoms with Gasteiger partial charge in [0.2, 0.25) is 6.04 Å². The molecule has 0 saturated heterocycles. The Kier molecular flexibility index (Phi) is 4.14. The molecule has 1 fully saturated rings. The minimum absolute atomic E-state index is 0.101. The second-order valence-corrected chi connectivity index (χ2v) is 6.58. The minimum Gasteiger partial charge on any atom is -0.623 e. The van der Waals surface area contributed by atoms with E-state index in [-0.39, 0.29) is 12.1 Å². The van der Waals surface area contributed by atoms with Crippen LogP contribution in [0.15, 0.2) is 54.6 Å². The Morgan fingerprint density at radius 2 is 1.52 bits per heavy atom. The predicted octanol–water partition coefficient (Wildman–Crippen LogP) is 3.58. The third-order valence-electron chi connectivity index (χ3n) is 4.96. The lowest BCUT2D eigenvalue weighted by atomic mass is 9.89. The fraction of sp³-hybridized carbons (Fsp3) is 0.300. The van der Waals surface area contributed by atoms with Crippen LogP contribution in [0.25, 0.3) is 0 Å². The molecule has 0 aromatic heterocycles. The third kappa shape index (κ3) is 3.09.